The van der Waals surface area contributed by atoms with E-state index in [1.807, 2.05) is 6.08 Å². The molecule has 7 heteroatoms. The molecule has 2 atom stereocenters. The van der Waals surface area contributed by atoms with Gasteiger partial charge in [0.25, 0.3) is 0 Å². The van der Waals surface area contributed by atoms with Gasteiger partial charge in [0.2, 0.25) is 0 Å². The average molecular weight is 543 g/mol. The minimum atomic E-state index is -2.02. The highest BCUT2D eigenvalue weighted by molar-refractivity contribution is 6.75. The molecule has 0 aliphatic heterocycles. The van der Waals surface area contributed by atoms with Gasteiger partial charge in [-0.05, 0) is 72.8 Å². The first-order chi connectivity index (χ1) is 15.5. The second kappa shape index (κ2) is 11.4. The molecule has 1 aliphatic carbocycles. The highest BCUT2D eigenvalue weighted by atomic mass is 28.4. The van der Waals surface area contributed by atoms with E-state index in [1.54, 1.807) is 0 Å². The van der Waals surface area contributed by atoms with Gasteiger partial charge in [0, 0.05) is 0 Å². The highest BCUT2D eigenvalue weighted by Gasteiger charge is 2.45. The minimum absolute atomic E-state index is 0.0415. The van der Waals surface area contributed by atoms with Crippen LogP contribution in [-0.4, -0.2) is 55.5 Å². The van der Waals surface area contributed by atoms with Crippen LogP contribution in [0.2, 0.25) is 54.4 Å². The van der Waals surface area contributed by atoms with Crippen molar-refractivity contribution in [1.29, 1.82) is 0 Å². The van der Waals surface area contributed by atoms with Crippen molar-refractivity contribution in [2.24, 2.45) is 0 Å². The lowest BCUT2D eigenvalue weighted by Crippen LogP contribution is -2.50. The SMILES string of the molecule is CC(C)(C)[Si](C)(C)OCC=C1[C@H](O[Si](C)(C)C(C)(C)C)CC(=CCO)C[C@H]1O[Si](C)(C)C(C)(C)C. The molecule has 4 nitrogen and oxygen atoms in total. The fourth-order valence-corrected chi connectivity index (χ4v) is 6.91. The van der Waals surface area contributed by atoms with Gasteiger partial charge in [-0.15, -0.1) is 0 Å². The molecule has 0 aromatic carbocycles. The van der Waals surface area contributed by atoms with Crippen molar-refractivity contribution in [3.63, 3.8) is 0 Å². The Kier molecular flexibility index (Phi) is 10.7. The molecule has 0 radical (unpaired) electrons. The normalized spacial score (nSPS) is 21.4. The third-order valence-electron chi connectivity index (χ3n) is 9.07. The van der Waals surface area contributed by atoms with E-state index in [1.165, 1.54) is 11.1 Å². The summed E-state index contributed by atoms with van der Waals surface area (Å²) >= 11 is 0. The molecule has 1 aliphatic rings. The Hall–Kier alpha value is -0.0294. The van der Waals surface area contributed by atoms with E-state index in [-0.39, 0.29) is 33.9 Å². The molecule has 206 valence electrons. The van der Waals surface area contributed by atoms with Gasteiger partial charge in [-0.1, -0.05) is 80.0 Å². The van der Waals surface area contributed by atoms with Crippen molar-refractivity contribution >= 4 is 25.0 Å². The quantitative estimate of drug-likeness (QED) is 0.247. The lowest BCUT2D eigenvalue weighted by molar-refractivity contribution is 0.129. The van der Waals surface area contributed by atoms with Crippen LogP contribution in [0.1, 0.15) is 75.2 Å². The van der Waals surface area contributed by atoms with Crippen LogP contribution >= 0.6 is 0 Å². The van der Waals surface area contributed by atoms with E-state index in [9.17, 15) is 5.11 Å². The molecule has 0 saturated heterocycles. The van der Waals surface area contributed by atoms with Crippen LogP contribution in [0.3, 0.4) is 0 Å². The van der Waals surface area contributed by atoms with E-state index in [0.717, 1.165) is 12.8 Å². The zero-order valence-corrected chi connectivity index (χ0v) is 28.8. The Morgan fingerprint density at radius 3 is 1.37 bits per heavy atom. The largest absolute Gasteiger partial charge is 0.413 e. The summed E-state index contributed by atoms with van der Waals surface area (Å²) in [6, 6.07) is 0. The Bertz CT molecular complexity index is 721. The van der Waals surface area contributed by atoms with E-state index >= 15 is 0 Å². The first-order valence-electron chi connectivity index (χ1n) is 13.4. The van der Waals surface area contributed by atoms with Gasteiger partial charge in [0.1, 0.15) is 0 Å². The Morgan fingerprint density at radius 1 is 0.686 bits per heavy atom. The van der Waals surface area contributed by atoms with E-state index in [0.29, 0.717) is 6.61 Å². The second-order valence-electron chi connectivity index (χ2n) is 15.0. The van der Waals surface area contributed by atoms with Crippen LogP contribution in [0, 0.1) is 0 Å². The topological polar surface area (TPSA) is 47.9 Å². The van der Waals surface area contributed by atoms with Crippen LogP contribution < -0.4 is 0 Å². The Balaban J connectivity index is 3.49. The van der Waals surface area contributed by atoms with Crippen LogP contribution in [0.15, 0.2) is 23.3 Å². The number of hydrogen-bond acceptors (Lipinski definition) is 4. The molecule has 35 heavy (non-hydrogen) atoms. The summed E-state index contributed by atoms with van der Waals surface area (Å²) in [6.45, 7) is 35.2. The Morgan fingerprint density at radius 2 is 1.06 bits per heavy atom. The fourth-order valence-electron chi connectivity index (χ4n) is 3.41. The number of aliphatic hydroxyl groups excluding tert-OH is 1. The van der Waals surface area contributed by atoms with Gasteiger partial charge in [-0.25, -0.2) is 0 Å². The highest BCUT2D eigenvalue weighted by Crippen LogP contribution is 2.45. The molecular formula is C28H58O4Si3. The maximum Gasteiger partial charge on any atom is 0.192 e. The van der Waals surface area contributed by atoms with Gasteiger partial charge in [0.05, 0.1) is 25.4 Å². The number of hydrogen-bond donors (Lipinski definition) is 1. The predicted molar refractivity (Wildman–Crippen MR) is 160 cm³/mol. The molecule has 1 fully saturated rings. The van der Waals surface area contributed by atoms with Crippen LogP contribution in [0.25, 0.3) is 0 Å². The maximum atomic E-state index is 9.72. The zero-order chi connectivity index (χ0) is 27.7. The molecule has 0 unspecified atom stereocenters. The summed E-state index contributed by atoms with van der Waals surface area (Å²) in [4.78, 5) is 0. The van der Waals surface area contributed by atoms with Crippen molar-refractivity contribution in [2.75, 3.05) is 13.2 Å². The molecule has 0 spiro atoms. The molecule has 0 aromatic heterocycles. The maximum absolute atomic E-state index is 9.72. The van der Waals surface area contributed by atoms with Gasteiger partial charge >= 0.3 is 0 Å². The summed E-state index contributed by atoms with van der Waals surface area (Å²) in [6.07, 6.45) is 5.80. The van der Waals surface area contributed by atoms with Crippen molar-refractivity contribution in [2.45, 2.75) is 142 Å². The lowest BCUT2D eigenvalue weighted by Gasteiger charge is -2.46. The zero-order valence-electron chi connectivity index (χ0n) is 25.8. The third kappa shape index (κ3) is 8.76. The number of rotatable bonds is 8. The van der Waals surface area contributed by atoms with Gasteiger partial charge in [-0.2, -0.15) is 0 Å². The van der Waals surface area contributed by atoms with Crippen LogP contribution in [0.4, 0.5) is 0 Å². The molecule has 1 saturated carbocycles. The van der Waals surface area contributed by atoms with Crippen molar-refractivity contribution in [3.8, 4) is 0 Å². The van der Waals surface area contributed by atoms with Crippen LogP contribution in [0.5, 0.6) is 0 Å². The molecular weight excluding hydrogens is 485 g/mol. The summed E-state index contributed by atoms with van der Waals surface area (Å²) in [7, 11) is -5.91. The first kappa shape index (κ1) is 33.0. The Labute approximate surface area is 221 Å². The van der Waals surface area contributed by atoms with Gasteiger partial charge < -0.3 is 18.4 Å². The molecule has 0 aromatic rings. The standard InChI is InChI=1S/C28H58O4Si3/c1-26(2,3)33(10,11)30-19-17-23-24(31-34(12,13)27(4,5)6)20-22(16-18-29)21-25(23)32-35(14,15)28(7,8)9/h16-17,24-25,29H,18-21H2,1-15H3/t24-,25-/m1/s1. The summed E-state index contributed by atoms with van der Waals surface area (Å²) < 4.78 is 20.7. The van der Waals surface area contributed by atoms with Gasteiger partial charge in [-0.3, -0.25) is 0 Å². The first-order valence-corrected chi connectivity index (χ1v) is 22.2. The summed E-state index contributed by atoms with van der Waals surface area (Å²) in [5, 5.41) is 10.1. The van der Waals surface area contributed by atoms with Crippen molar-refractivity contribution in [1.82, 2.24) is 0 Å². The molecule has 0 amide bonds. The van der Waals surface area contributed by atoms with E-state index < -0.39 is 25.0 Å². The van der Waals surface area contributed by atoms with Gasteiger partial charge in [0.15, 0.2) is 25.0 Å². The molecule has 1 rings (SSSR count). The van der Waals surface area contributed by atoms with Crippen molar-refractivity contribution in [3.05, 3.63) is 23.3 Å². The predicted octanol–water partition coefficient (Wildman–Crippen LogP) is 8.43. The lowest BCUT2D eigenvalue weighted by atomic mass is 9.85. The van der Waals surface area contributed by atoms with E-state index in [4.69, 9.17) is 13.3 Å². The second-order valence-corrected chi connectivity index (χ2v) is 29.3. The number of aliphatic hydroxyl groups is 1. The average Bonchev–Trinajstić information content (AvgIpc) is 2.60. The third-order valence-corrected chi connectivity index (χ3v) is 22.5. The molecule has 0 heterocycles. The minimum Gasteiger partial charge on any atom is -0.413 e. The smallest absolute Gasteiger partial charge is 0.192 e. The summed E-state index contributed by atoms with van der Waals surface area (Å²) in [5.74, 6) is 0. The van der Waals surface area contributed by atoms with Crippen molar-refractivity contribution < 1.29 is 18.4 Å². The monoisotopic (exact) mass is 542 g/mol. The summed E-state index contributed by atoms with van der Waals surface area (Å²) in [5.41, 5.74) is 2.48. The fraction of sp³-hybridized carbons (Fsp3) is 0.857. The molecule has 0 bridgehead atoms. The molecule has 1 N–H and O–H groups in total. The van der Waals surface area contributed by atoms with E-state index in [2.05, 4.69) is 108 Å². The van der Waals surface area contributed by atoms with Crippen LogP contribution in [-0.2, 0) is 13.3 Å².